The van der Waals surface area contributed by atoms with E-state index in [0.717, 1.165) is 87.7 Å². The van der Waals surface area contributed by atoms with Crippen LogP contribution in [-0.2, 0) is 4.74 Å². The Morgan fingerprint density at radius 3 is 2.95 bits per heavy atom. The number of aliphatic imine (C=N–C) groups is 2. The third kappa shape index (κ3) is 8.65. The number of morpholine rings is 1. The minimum absolute atomic E-state index is 0.240. The number of hydrogen-bond donors (Lipinski definition) is 1. The lowest BCUT2D eigenvalue weighted by Gasteiger charge is -2.37. The molecule has 2 saturated heterocycles. The molecule has 2 atom stereocenters. The van der Waals surface area contributed by atoms with Crippen molar-refractivity contribution in [3.05, 3.63) is 63.8 Å². The van der Waals surface area contributed by atoms with E-state index in [1.165, 1.54) is 11.4 Å². The number of hydrogen-bond acceptors (Lipinski definition) is 7. The standard InChI is InChI=1S/C29H38BrClN6O/c1-3-6-24(10-13-36-15-17-38-18-16-36)35-27-11-14-37(29-26(31)7-4-5-12-32-29)21-23(27)19-22(2)34-25-8-9-28(30)33-20-25/h4,6-9,12,20,22-23,34H,3,10-11,13-19,21H2,1-2H3/b24-6+,35-27?. The highest BCUT2D eigenvalue weighted by atomic mass is 79.9. The van der Waals surface area contributed by atoms with E-state index in [1.54, 1.807) is 6.20 Å². The van der Waals surface area contributed by atoms with Gasteiger partial charge in [0.2, 0.25) is 0 Å². The molecule has 2 unspecified atom stereocenters. The molecule has 204 valence electrons. The first-order valence-corrected chi connectivity index (χ1v) is 14.7. The topological polar surface area (TPSA) is 65.3 Å². The van der Waals surface area contributed by atoms with Crippen molar-refractivity contribution in [2.24, 2.45) is 15.9 Å². The summed E-state index contributed by atoms with van der Waals surface area (Å²) in [6, 6.07) is 4.25. The Morgan fingerprint density at radius 2 is 2.18 bits per heavy atom. The molecule has 1 aromatic heterocycles. The van der Waals surface area contributed by atoms with E-state index in [4.69, 9.17) is 21.3 Å². The third-order valence-corrected chi connectivity index (χ3v) is 7.71. The van der Waals surface area contributed by atoms with Crippen LogP contribution < -0.4 is 5.32 Å². The molecule has 3 aliphatic heterocycles. The summed E-state index contributed by atoms with van der Waals surface area (Å²) in [5.74, 6) is 1.08. The number of halogens is 2. The monoisotopic (exact) mass is 600 g/mol. The zero-order valence-corrected chi connectivity index (χ0v) is 24.7. The fourth-order valence-corrected chi connectivity index (χ4v) is 5.52. The predicted molar refractivity (Wildman–Crippen MR) is 161 cm³/mol. The Kier molecular flexibility index (Phi) is 11.2. The summed E-state index contributed by atoms with van der Waals surface area (Å²) in [6.45, 7) is 10.7. The lowest BCUT2D eigenvalue weighted by molar-refractivity contribution is 0.0384. The van der Waals surface area contributed by atoms with E-state index in [9.17, 15) is 0 Å². The van der Waals surface area contributed by atoms with E-state index in [-0.39, 0.29) is 12.0 Å². The van der Waals surface area contributed by atoms with Gasteiger partial charge < -0.3 is 15.0 Å². The van der Waals surface area contributed by atoms with Gasteiger partial charge in [-0.15, -0.1) is 5.73 Å². The van der Waals surface area contributed by atoms with Gasteiger partial charge in [0.25, 0.3) is 0 Å². The summed E-state index contributed by atoms with van der Waals surface area (Å²) < 4.78 is 6.35. The summed E-state index contributed by atoms with van der Waals surface area (Å²) >= 11 is 10.0. The van der Waals surface area contributed by atoms with Gasteiger partial charge in [-0.05, 0) is 60.0 Å². The van der Waals surface area contributed by atoms with Gasteiger partial charge in [-0.25, -0.2) is 9.98 Å². The number of rotatable bonds is 9. The van der Waals surface area contributed by atoms with Crippen LogP contribution in [0, 0.1) is 5.92 Å². The molecule has 0 saturated carbocycles. The van der Waals surface area contributed by atoms with E-state index >= 15 is 0 Å². The van der Waals surface area contributed by atoms with Gasteiger partial charge in [0.15, 0.2) is 0 Å². The van der Waals surface area contributed by atoms with E-state index in [1.807, 2.05) is 30.5 Å². The van der Waals surface area contributed by atoms with Crippen LogP contribution in [0.1, 0.15) is 39.5 Å². The number of nitrogens with one attached hydrogen (secondary N) is 1. The van der Waals surface area contributed by atoms with Crippen molar-refractivity contribution < 1.29 is 4.74 Å². The maximum atomic E-state index is 6.59. The minimum atomic E-state index is 0.240. The molecule has 7 nitrogen and oxygen atoms in total. The first-order chi connectivity index (χ1) is 18.5. The highest BCUT2D eigenvalue weighted by Crippen LogP contribution is 2.26. The molecule has 9 heteroatoms. The van der Waals surface area contributed by atoms with Crippen LogP contribution in [0.5, 0.6) is 0 Å². The highest BCUT2D eigenvalue weighted by molar-refractivity contribution is 9.10. The van der Waals surface area contributed by atoms with Crippen molar-refractivity contribution in [1.82, 2.24) is 14.8 Å². The summed E-state index contributed by atoms with van der Waals surface area (Å²) in [4.78, 5) is 19.0. The molecule has 0 bridgehead atoms. The molecule has 4 rings (SSSR count). The van der Waals surface area contributed by atoms with Crippen LogP contribution in [0.25, 0.3) is 0 Å². The van der Waals surface area contributed by atoms with Crippen molar-refractivity contribution in [2.75, 3.05) is 51.3 Å². The zero-order chi connectivity index (χ0) is 26.7. The van der Waals surface area contributed by atoms with E-state index in [2.05, 4.69) is 66.7 Å². The number of piperidine rings is 1. The summed E-state index contributed by atoms with van der Waals surface area (Å²) in [5.41, 5.74) is 6.51. The Morgan fingerprint density at radius 1 is 1.34 bits per heavy atom. The van der Waals surface area contributed by atoms with Crippen LogP contribution in [0.2, 0.25) is 0 Å². The van der Waals surface area contributed by atoms with Crippen LogP contribution in [0.15, 0.2) is 73.8 Å². The second-order valence-electron chi connectivity index (χ2n) is 9.88. The third-order valence-electron chi connectivity index (χ3n) is 6.94. The molecular weight excluding hydrogens is 564 g/mol. The lowest BCUT2D eigenvalue weighted by Crippen LogP contribution is -2.45. The average Bonchev–Trinajstić information content (AvgIpc) is 3.14. The first-order valence-electron chi connectivity index (χ1n) is 13.6. The molecule has 0 aromatic carbocycles. The van der Waals surface area contributed by atoms with Gasteiger partial charge in [0.1, 0.15) is 10.4 Å². The molecular formula is C29H38BrClN6O. The van der Waals surface area contributed by atoms with Crippen LogP contribution in [0.3, 0.4) is 0 Å². The van der Waals surface area contributed by atoms with Crippen LogP contribution >= 0.6 is 27.5 Å². The number of amidine groups is 1. The van der Waals surface area contributed by atoms with Gasteiger partial charge in [0.05, 0.1) is 36.3 Å². The second-order valence-corrected chi connectivity index (χ2v) is 11.1. The molecule has 1 N–H and O–H groups in total. The van der Waals surface area contributed by atoms with Crippen LogP contribution in [0.4, 0.5) is 5.69 Å². The molecule has 2 fully saturated rings. The quantitative estimate of drug-likeness (QED) is 0.277. The zero-order valence-electron chi connectivity index (χ0n) is 22.4. The number of likely N-dealkylation sites (tertiary alicyclic amines) is 1. The Bertz CT molecular complexity index is 1120. The Hall–Kier alpha value is -2.22. The van der Waals surface area contributed by atoms with Crippen LogP contribution in [-0.4, -0.2) is 78.3 Å². The number of aromatic nitrogens is 1. The molecule has 0 spiro atoms. The number of anilines is 1. The maximum Gasteiger partial charge on any atom is 0.148 e. The van der Waals surface area contributed by atoms with Gasteiger partial charge in [-0.1, -0.05) is 24.6 Å². The fraction of sp³-hybridized carbons (Fsp3) is 0.517. The maximum absolute atomic E-state index is 6.59. The number of nitrogens with zero attached hydrogens (tertiary/aromatic N) is 5. The SMILES string of the molecule is CC/C=C(\CCN1CCOCC1)N=C1CCN(C2=NC=C=CC=C2Cl)CC1CC(C)Nc1ccc(Br)nc1. The van der Waals surface area contributed by atoms with Gasteiger partial charge in [-0.2, -0.15) is 0 Å². The van der Waals surface area contributed by atoms with E-state index < -0.39 is 0 Å². The normalized spacial score (nSPS) is 22.7. The largest absolute Gasteiger partial charge is 0.381 e. The summed E-state index contributed by atoms with van der Waals surface area (Å²) in [5, 5.41) is 4.27. The van der Waals surface area contributed by atoms with Crippen molar-refractivity contribution in [3.8, 4) is 0 Å². The Balaban J connectivity index is 1.50. The molecule has 38 heavy (non-hydrogen) atoms. The van der Waals surface area contributed by atoms with Crippen molar-refractivity contribution in [1.29, 1.82) is 0 Å². The summed E-state index contributed by atoms with van der Waals surface area (Å²) in [7, 11) is 0. The van der Waals surface area contributed by atoms with Crippen molar-refractivity contribution in [2.45, 2.75) is 45.6 Å². The second kappa shape index (κ2) is 14.8. The van der Waals surface area contributed by atoms with Crippen molar-refractivity contribution >= 4 is 44.8 Å². The molecule has 1 aromatic rings. The number of pyridine rings is 1. The fourth-order valence-electron chi connectivity index (χ4n) is 5.05. The molecule has 0 radical (unpaired) electrons. The van der Waals surface area contributed by atoms with E-state index in [0.29, 0.717) is 5.03 Å². The van der Waals surface area contributed by atoms with Gasteiger partial charge >= 0.3 is 0 Å². The molecule has 0 amide bonds. The smallest absolute Gasteiger partial charge is 0.148 e. The van der Waals surface area contributed by atoms with Gasteiger partial charge in [0, 0.05) is 68.9 Å². The molecule has 4 heterocycles. The van der Waals surface area contributed by atoms with Gasteiger partial charge in [-0.3, -0.25) is 9.89 Å². The predicted octanol–water partition coefficient (Wildman–Crippen LogP) is 6.02. The minimum Gasteiger partial charge on any atom is -0.381 e. The number of allylic oxidation sites excluding steroid dienone is 3. The number of ether oxygens (including phenoxy) is 1. The molecule has 3 aliphatic rings. The average molecular weight is 602 g/mol. The summed E-state index contributed by atoms with van der Waals surface area (Å²) in [6.07, 6.45) is 13.3. The first kappa shape index (κ1) is 28.8. The Labute approximate surface area is 240 Å². The lowest BCUT2D eigenvalue weighted by atomic mass is 9.89. The highest BCUT2D eigenvalue weighted by Gasteiger charge is 2.30. The van der Waals surface area contributed by atoms with Crippen molar-refractivity contribution in [3.63, 3.8) is 0 Å². The molecule has 0 aliphatic carbocycles.